The van der Waals surface area contributed by atoms with Crippen molar-refractivity contribution >= 4 is 55.8 Å². The minimum atomic E-state index is -0.136. The van der Waals surface area contributed by atoms with Crippen LogP contribution < -0.4 is 10.2 Å². The highest BCUT2D eigenvalue weighted by Crippen LogP contribution is 2.32. The van der Waals surface area contributed by atoms with Crippen molar-refractivity contribution in [2.24, 2.45) is 0 Å². The summed E-state index contributed by atoms with van der Waals surface area (Å²) in [7, 11) is 0. The number of fused-ring (bicyclic) bond motifs is 1. The van der Waals surface area contributed by atoms with Crippen LogP contribution in [0.2, 0.25) is 5.02 Å². The summed E-state index contributed by atoms with van der Waals surface area (Å²) in [6.45, 7) is 3.95. The quantitative estimate of drug-likeness (QED) is 0.508. The second-order valence-electron chi connectivity index (χ2n) is 7.11. The maximum Gasteiger partial charge on any atom is 0.256 e. The average molecular weight is 459 g/mol. The molecule has 1 aromatic heterocycles. The van der Waals surface area contributed by atoms with Crippen molar-refractivity contribution < 1.29 is 4.79 Å². The van der Waals surface area contributed by atoms with Crippen LogP contribution in [0.5, 0.6) is 0 Å². The van der Waals surface area contributed by atoms with E-state index in [9.17, 15) is 4.79 Å². The molecule has 3 aromatic rings. The highest BCUT2D eigenvalue weighted by Gasteiger charge is 2.22. The Morgan fingerprint density at radius 1 is 1.11 bits per heavy atom. The molecule has 6 heteroatoms. The van der Waals surface area contributed by atoms with Gasteiger partial charge in [-0.3, -0.25) is 4.79 Å². The highest BCUT2D eigenvalue weighted by atomic mass is 79.9. The first-order valence-corrected chi connectivity index (χ1v) is 10.6. The standard InChI is InChI=1S/C22H21BrClN3O/c1-14-20(22(28)25-17-8-6-16(24)7-9-17)18-13-15(23)5-10-19(18)26-21(14)27-11-3-2-4-12-27/h5-10,13H,2-4,11-12H2,1H3,(H,25,28). The molecule has 1 aliphatic heterocycles. The summed E-state index contributed by atoms with van der Waals surface area (Å²) in [4.78, 5) is 20.5. The van der Waals surface area contributed by atoms with Crippen LogP contribution in [0.3, 0.4) is 0 Å². The molecule has 1 fully saturated rings. The number of pyridine rings is 1. The molecule has 2 heterocycles. The van der Waals surface area contributed by atoms with E-state index >= 15 is 0 Å². The molecule has 1 aliphatic rings. The van der Waals surface area contributed by atoms with E-state index in [1.807, 2.05) is 25.1 Å². The number of piperidine rings is 1. The SMILES string of the molecule is Cc1c(N2CCCCC2)nc2ccc(Br)cc2c1C(=O)Nc1ccc(Cl)cc1. The number of nitrogens with one attached hydrogen (secondary N) is 1. The minimum absolute atomic E-state index is 0.136. The Labute approximate surface area is 178 Å². The lowest BCUT2D eigenvalue weighted by atomic mass is 10.0. The molecule has 0 bridgehead atoms. The van der Waals surface area contributed by atoms with Gasteiger partial charge in [-0.25, -0.2) is 4.98 Å². The van der Waals surface area contributed by atoms with E-state index in [4.69, 9.17) is 16.6 Å². The predicted octanol–water partition coefficient (Wildman–Crippen LogP) is 6.20. The minimum Gasteiger partial charge on any atom is -0.356 e. The molecule has 0 spiro atoms. The Bertz CT molecular complexity index is 1030. The zero-order chi connectivity index (χ0) is 19.7. The normalized spacial score (nSPS) is 14.3. The number of rotatable bonds is 3. The Morgan fingerprint density at radius 3 is 2.54 bits per heavy atom. The summed E-state index contributed by atoms with van der Waals surface area (Å²) in [5.74, 6) is 0.777. The van der Waals surface area contributed by atoms with Crippen molar-refractivity contribution in [3.8, 4) is 0 Å². The van der Waals surface area contributed by atoms with Crippen molar-refractivity contribution in [3.05, 3.63) is 63.1 Å². The smallest absolute Gasteiger partial charge is 0.256 e. The average Bonchev–Trinajstić information content (AvgIpc) is 2.70. The molecule has 1 amide bonds. The van der Waals surface area contributed by atoms with Crippen LogP contribution in [-0.4, -0.2) is 24.0 Å². The number of carbonyl (C=O) groups is 1. The third-order valence-electron chi connectivity index (χ3n) is 5.15. The molecule has 0 radical (unpaired) electrons. The van der Waals surface area contributed by atoms with Crippen LogP contribution in [0.1, 0.15) is 35.2 Å². The molecule has 4 nitrogen and oxygen atoms in total. The number of carbonyl (C=O) groups excluding carboxylic acids is 1. The number of amides is 1. The highest BCUT2D eigenvalue weighted by molar-refractivity contribution is 9.10. The van der Waals surface area contributed by atoms with E-state index in [0.717, 1.165) is 52.7 Å². The van der Waals surface area contributed by atoms with Crippen molar-refractivity contribution in [2.75, 3.05) is 23.3 Å². The van der Waals surface area contributed by atoms with Crippen molar-refractivity contribution in [1.82, 2.24) is 4.98 Å². The Balaban J connectivity index is 1.81. The van der Waals surface area contributed by atoms with Gasteiger partial charge in [0.05, 0.1) is 11.1 Å². The first kappa shape index (κ1) is 19.2. The number of anilines is 2. The molecular formula is C22H21BrClN3O. The van der Waals surface area contributed by atoms with Gasteiger partial charge in [-0.15, -0.1) is 0 Å². The summed E-state index contributed by atoms with van der Waals surface area (Å²) in [6, 6.07) is 13.0. The first-order chi connectivity index (χ1) is 13.5. The van der Waals surface area contributed by atoms with Crippen LogP contribution in [-0.2, 0) is 0 Å². The fourth-order valence-electron chi connectivity index (χ4n) is 3.75. The van der Waals surface area contributed by atoms with E-state index in [-0.39, 0.29) is 5.91 Å². The van der Waals surface area contributed by atoms with Gasteiger partial charge in [0.2, 0.25) is 0 Å². The molecule has 1 saturated heterocycles. The van der Waals surface area contributed by atoms with Gasteiger partial charge in [-0.05, 0) is 68.7 Å². The molecule has 1 N–H and O–H groups in total. The maximum absolute atomic E-state index is 13.3. The molecule has 2 aromatic carbocycles. The molecule has 0 unspecified atom stereocenters. The topological polar surface area (TPSA) is 45.2 Å². The summed E-state index contributed by atoms with van der Waals surface area (Å²) in [5.41, 5.74) is 3.13. The lowest BCUT2D eigenvalue weighted by molar-refractivity contribution is 0.102. The molecule has 28 heavy (non-hydrogen) atoms. The Kier molecular flexibility index (Phi) is 5.56. The second-order valence-corrected chi connectivity index (χ2v) is 8.46. The van der Waals surface area contributed by atoms with E-state index in [1.54, 1.807) is 24.3 Å². The fourth-order valence-corrected chi connectivity index (χ4v) is 4.24. The van der Waals surface area contributed by atoms with Crippen LogP contribution in [0, 0.1) is 6.92 Å². The van der Waals surface area contributed by atoms with Gasteiger partial charge in [0, 0.05) is 39.2 Å². The molecule has 0 aliphatic carbocycles. The monoisotopic (exact) mass is 457 g/mol. The number of nitrogens with zero attached hydrogens (tertiary/aromatic N) is 2. The van der Waals surface area contributed by atoms with Crippen LogP contribution in [0.25, 0.3) is 10.9 Å². The van der Waals surface area contributed by atoms with Crippen molar-refractivity contribution in [2.45, 2.75) is 26.2 Å². The van der Waals surface area contributed by atoms with E-state index in [0.29, 0.717) is 16.3 Å². The van der Waals surface area contributed by atoms with Gasteiger partial charge in [0.15, 0.2) is 0 Å². The van der Waals surface area contributed by atoms with Crippen LogP contribution in [0.4, 0.5) is 11.5 Å². The first-order valence-electron chi connectivity index (χ1n) is 9.44. The summed E-state index contributed by atoms with van der Waals surface area (Å²) in [5, 5.41) is 4.49. The molecule has 0 atom stereocenters. The van der Waals surface area contributed by atoms with Gasteiger partial charge < -0.3 is 10.2 Å². The van der Waals surface area contributed by atoms with E-state index < -0.39 is 0 Å². The van der Waals surface area contributed by atoms with Crippen LogP contribution in [0.15, 0.2) is 46.9 Å². The van der Waals surface area contributed by atoms with Crippen LogP contribution >= 0.6 is 27.5 Å². The van der Waals surface area contributed by atoms with Gasteiger partial charge in [0.1, 0.15) is 5.82 Å². The number of halogens is 2. The zero-order valence-corrected chi connectivity index (χ0v) is 18.0. The zero-order valence-electron chi connectivity index (χ0n) is 15.6. The molecular weight excluding hydrogens is 438 g/mol. The second kappa shape index (κ2) is 8.10. The van der Waals surface area contributed by atoms with Crippen molar-refractivity contribution in [1.29, 1.82) is 0 Å². The molecule has 144 valence electrons. The summed E-state index contributed by atoms with van der Waals surface area (Å²) >= 11 is 9.49. The third-order valence-corrected chi connectivity index (χ3v) is 5.89. The van der Waals surface area contributed by atoms with Gasteiger partial charge >= 0.3 is 0 Å². The predicted molar refractivity (Wildman–Crippen MR) is 120 cm³/mol. The number of hydrogen-bond acceptors (Lipinski definition) is 3. The number of hydrogen-bond donors (Lipinski definition) is 1. The Hall–Kier alpha value is -2.11. The lowest BCUT2D eigenvalue weighted by Crippen LogP contribution is -2.31. The largest absolute Gasteiger partial charge is 0.356 e. The lowest BCUT2D eigenvalue weighted by Gasteiger charge is -2.30. The Morgan fingerprint density at radius 2 is 1.82 bits per heavy atom. The van der Waals surface area contributed by atoms with Gasteiger partial charge in [-0.1, -0.05) is 27.5 Å². The van der Waals surface area contributed by atoms with Gasteiger partial charge in [-0.2, -0.15) is 0 Å². The number of aromatic nitrogens is 1. The maximum atomic E-state index is 13.3. The van der Waals surface area contributed by atoms with Gasteiger partial charge in [0.25, 0.3) is 5.91 Å². The van der Waals surface area contributed by atoms with E-state index in [1.165, 1.54) is 6.42 Å². The third kappa shape index (κ3) is 3.87. The molecule has 4 rings (SSSR count). The molecule has 0 saturated carbocycles. The summed E-state index contributed by atoms with van der Waals surface area (Å²) in [6.07, 6.45) is 3.57. The van der Waals surface area contributed by atoms with E-state index in [2.05, 4.69) is 26.1 Å². The number of benzene rings is 2. The summed E-state index contributed by atoms with van der Waals surface area (Å²) < 4.78 is 0.924. The fraction of sp³-hybridized carbons (Fsp3) is 0.273. The van der Waals surface area contributed by atoms with Crippen molar-refractivity contribution in [3.63, 3.8) is 0 Å².